The summed E-state index contributed by atoms with van der Waals surface area (Å²) in [6.07, 6.45) is 0.233. The van der Waals surface area contributed by atoms with Gasteiger partial charge in [0.15, 0.2) is 0 Å². The molecule has 11 heteroatoms. The lowest BCUT2D eigenvalue weighted by Gasteiger charge is -2.48. The molecule has 0 spiro atoms. The smallest absolute Gasteiger partial charge is 0.354 e. The van der Waals surface area contributed by atoms with Crippen LogP contribution in [0.3, 0.4) is 0 Å². The van der Waals surface area contributed by atoms with Crippen molar-refractivity contribution in [1.29, 1.82) is 0 Å². The van der Waals surface area contributed by atoms with E-state index in [1.165, 1.54) is 16.9 Å². The van der Waals surface area contributed by atoms with Gasteiger partial charge in [-0.05, 0) is 12.1 Å². The second-order valence-electron chi connectivity index (χ2n) is 6.58. The number of anilines is 1. The Morgan fingerprint density at radius 2 is 2.14 bits per heavy atom. The number of fused-ring (bicyclic) bond motifs is 3. The molecule has 1 atom stereocenters. The first-order valence-electron chi connectivity index (χ1n) is 8.87. The molecule has 1 aromatic carbocycles. The fourth-order valence-electron chi connectivity index (χ4n) is 3.77. The van der Waals surface area contributed by atoms with Crippen molar-refractivity contribution in [2.24, 2.45) is 0 Å². The van der Waals surface area contributed by atoms with Crippen molar-refractivity contribution in [3.8, 4) is 0 Å². The molecule has 1 saturated heterocycles. The van der Waals surface area contributed by atoms with Crippen LogP contribution in [0.5, 0.6) is 0 Å². The van der Waals surface area contributed by atoms with E-state index in [1.54, 1.807) is 24.3 Å². The number of amides is 2. The summed E-state index contributed by atoms with van der Waals surface area (Å²) in [6, 6.07) is 6.74. The molecule has 0 radical (unpaired) electrons. The Hall–Kier alpha value is -2.56. The van der Waals surface area contributed by atoms with Crippen molar-refractivity contribution in [2.75, 3.05) is 25.2 Å². The number of hydrogen-bond donors (Lipinski definition) is 0. The molecule has 0 bridgehead atoms. The Morgan fingerprint density at radius 1 is 1.34 bits per heavy atom. The summed E-state index contributed by atoms with van der Waals surface area (Å²) in [5.41, 5.74) is -0.493. The number of ether oxygens (including phenoxy) is 2. The number of nitrogens with zero attached hydrogens (tertiary/aromatic N) is 4. The monoisotopic (exact) mass is 436 g/mol. The second-order valence-corrected chi connectivity index (χ2v) is 7.94. The largest absolute Gasteiger partial charge is 0.456 e. The number of esters is 1. The predicted octanol–water partition coefficient (Wildman–Crippen LogP) is 1.86. The van der Waals surface area contributed by atoms with Crippen LogP contribution in [-0.4, -0.2) is 58.2 Å². The first kappa shape index (κ1) is 19.7. The standard InChI is InChI=1S/C18H17ClN4O5S/c1-27-9-8-22-16(25)11-4-2-3-5-13(11)23-14(24)6-7-18(22,23)17(26)28-10-12-15(19)29-21-20-12/h2-5H,6-10H2,1H3/t18-/m0/s1. The number of halogens is 1. The maximum Gasteiger partial charge on any atom is 0.354 e. The van der Waals surface area contributed by atoms with Gasteiger partial charge in [0.1, 0.15) is 16.6 Å². The zero-order valence-corrected chi connectivity index (χ0v) is 17.0. The van der Waals surface area contributed by atoms with Gasteiger partial charge < -0.3 is 14.4 Å². The van der Waals surface area contributed by atoms with Gasteiger partial charge in [0.25, 0.3) is 5.91 Å². The van der Waals surface area contributed by atoms with Crippen LogP contribution in [0.2, 0.25) is 4.34 Å². The van der Waals surface area contributed by atoms with Crippen molar-refractivity contribution in [3.63, 3.8) is 0 Å². The van der Waals surface area contributed by atoms with E-state index in [1.807, 2.05) is 0 Å². The van der Waals surface area contributed by atoms with Gasteiger partial charge in [-0.2, -0.15) is 0 Å². The van der Waals surface area contributed by atoms with Crippen LogP contribution in [0, 0.1) is 0 Å². The van der Waals surface area contributed by atoms with Crippen LogP contribution in [0.25, 0.3) is 0 Å². The van der Waals surface area contributed by atoms with Gasteiger partial charge in [-0.1, -0.05) is 28.2 Å². The van der Waals surface area contributed by atoms with Gasteiger partial charge in [0.05, 0.1) is 17.9 Å². The molecule has 4 rings (SSSR count). The summed E-state index contributed by atoms with van der Waals surface area (Å²) in [4.78, 5) is 42.1. The van der Waals surface area contributed by atoms with Crippen LogP contribution < -0.4 is 4.90 Å². The number of rotatable bonds is 6. The first-order valence-corrected chi connectivity index (χ1v) is 10.0. The Bertz CT molecular complexity index is 983. The van der Waals surface area contributed by atoms with Crippen LogP contribution in [0.4, 0.5) is 5.69 Å². The summed E-state index contributed by atoms with van der Waals surface area (Å²) < 4.78 is 14.6. The highest BCUT2D eigenvalue weighted by atomic mass is 35.5. The molecular formula is C18H17ClN4O5S. The minimum Gasteiger partial charge on any atom is -0.456 e. The molecule has 1 aromatic heterocycles. The van der Waals surface area contributed by atoms with Gasteiger partial charge in [-0.15, -0.1) is 5.10 Å². The quantitative estimate of drug-likeness (QED) is 0.637. The van der Waals surface area contributed by atoms with Crippen molar-refractivity contribution in [1.82, 2.24) is 14.5 Å². The maximum atomic E-state index is 13.3. The van der Waals surface area contributed by atoms with Gasteiger partial charge in [0, 0.05) is 38.0 Å². The third-order valence-corrected chi connectivity index (χ3v) is 6.05. The van der Waals surface area contributed by atoms with E-state index < -0.39 is 11.6 Å². The van der Waals surface area contributed by atoms with E-state index in [0.717, 1.165) is 11.5 Å². The third-order valence-electron chi connectivity index (χ3n) is 5.07. The maximum absolute atomic E-state index is 13.3. The highest BCUT2D eigenvalue weighted by Gasteiger charge is 2.61. The van der Waals surface area contributed by atoms with Crippen LogP contribution >= 0.6 is 23.1 Å². The van der Waals surface area contributed by atoms with E-state index >= 15 is 0 Å². The predicted molar refractivity (Wildman–Crippen MR) is 104 cm³/mol. The number of methoxy groups -OCH3 is 1. The van der Waals surface area contributed by atoms with Gasteiger partial charge in [0.2, 0.25) is 11.6 Å². The molecule has 2 amide bonds. The fourth-order valence-corrected chi connectivity index (χ4v) is 4.37. The summed E-state index contributed by atoms with van der Waals surface area (Å²) >= 11 is 6.97. The number of benzene rings is 1. The van der Waals surface area contributed by atoms with Crippen LogP contribution in [-0.2, 0) is 25.7 Å². The lowest BCUT2D eigenvalue weighted by Crippen LogP contribution is -2.68. The molecule has 1 fully saturated rings. The van der Waals surface area contributed by atoms with E-state index in [2.05, 4.69) is 9.59 Å². The summed E-state index contributed by atoms with van der Waals surface area (Å²) in [5.74, 6) is -1.32. The van der Waals surface area contributed by atoms with E-state index in [0.29, 0.717) is 21.3 Å². The highest BCUT2D eigenvalue weighted by Crippen LogP contribution is 2.45. The molecule has 3 heterocycles. The SMILES string of the molecule is COCCN1C(=O)c2ccccc2N2C(=O)CC[C@]12C(=O)OCc1nnsc1Cl. The molecule has 2 aromatic rings. The molecule has 0 aliphatic carbocycles. The Morgan fingerprint density at radius 3 is 2.86 bits per heavy atom. The fraction of sp³-hybridized carbons (Fsp3) is 0.389. The zero-order chi connectivity index (χ0) is 20.6. The normalized spacial score (nSPS) is 20.6. The first-order chi connectivity index (χ1) is 14.0. The number of aromatic nitrogens is 2. The highest BCUT2D eigenvalue weighted by molar-refractivity contribution is 7.10. The Kier molecular flexibility index (Phi) is 5.24. The number of carbonyl (C=O) groups excluding carboxylic acids is 3. The zero-order valence-electron chi connectivity index (χ0n) is 15.5. The second kappa shape index (κ2) is 7.69. The van der Waals surface area contributed by atoms with Crippen molar-refractivity contribution >= 4 is 46.6 Å². The topological polar surface area (TPSA) is 102 Å². The molecule has 0 saturated carbocycles. The number of hydrogen-bond acceptors (Lipinski definition) is 8. The minimum atomic E-state index is -1.57. The summed E-state index contributed by atoms with van der Waals surface area (Å²) in [5, 5.41) is 3.83. The van der Waals surface area contributed by atoms with Gasteiger partial charge >= 0.3 is 5.97 Å². The molecule has 0 unspecified atom stereocenters. The van der Waals surface area contributed by atoms with E-state index in [4.69, 9.17) is 21.1 Å². The van der Waals surface area contributed by atoms with Gasteiger partial charge in [-0.25, -0.2) is 4.79 Å². The van der Waals surface area contributed by atoms with Crippen LogP contribution in [0.15, 0.2) is 24.3 Å². The number of carbonyl (C=O) groups is 3. The molecular weight excluding hydrogens is 420 g/mol. The third kappa shape index (κ3) is 3.07. The lowest BCUT2D eigenvalue weighted by molar-refractivity contribution is -0.159. The molecule has 2 aliphatic rings. The van der Waals surface area contributed by atoms with E-state index in [9.17, 15) is 14.4 Å². The van der Waals surface area contributed by atoms with Gasteiger partial charge in [-0.3, -0.25) is 14.5 Å². The lowest BCUT2D eigenvalue weighted by atomic mass is 9.96. The average molecular weight is 437 g/mol. The van der Waals surface area contributed by atoms with E-state index in [-0.39, 0.29) is 44.4 Å². The molecule has 9 nitrogen and oxygen atoms in total. The summed E-state index contributed by atoms with van der Waals surface area (Å²) in [6.45, 7) is 0.125. The Balaban J connectivity index is 1.75. The molecule has 0 N–H and O–H groups in total. The minimum absolute atomic E-state index is 0.110. The molecule has 152 valence electrons. The van der Waals surface area contributed by atoms with Crippen molar-refractivity contribution in [3.05, 3.63) is 39.9 Å². The Labute approximate surface area is 175 Å². The number of para-hydroxylation sites is 1. The van der Waals surface area contributed by atoms with Crippen LogP contribution in [0.1, 0.15) is 28.9 Å². The average Bonchev–Trinajstić information content (AvgIpc) is 3.30. The van der Waals surface area contributed by atoms with Crippen molar-refractivity contribution < 1.29 is 23.9 Å². The van der Waals surface area contributed by atoms with Crippen molar-refractivity contribution in [2.45, 2.75) is 25.1 Å². The molecule has 29 heavy (non-hydrogen) atoms. The molecule has 2 aliphatic heterocycles. The summed E-state index contributed by atoms with van der Waals surface area (Å²) in [7, 11) is 1.50.